The summed E-state index contributed by atoms with van der Waals surface area (Å²) in [5.41, 5.74) is 6.91. The first-order chi connectivity index (χ1) is 9.01. The number of hydrogen-bond donors (Lipinski definition) is 2. The van der Waals surface area contributed by atoms with E-state index in [-0.39, 0.29) is 10.7 Å². The van der Waals surface area contributed by atoms with Gasteiger partial charge in [0, 0.05) is 18.9 Å². The Morgan fingerprint density at radius 1 is 1.58 bits per heavy atom. The molecule has 6 nitrogen and oxygen atoms in total. The van der Waals surface area contributed by atoms with Gasteiger partial charge in [-0.25, -0.2) is 0 Å². The van der Waals surface area contributed by atoms with Crippen molar-refractivity contribution in [2.24, 2.45) is 7.05 Å². The molecule has 0 saturated carbocycles. The van der Waals surface area contributed by atoms with Gasteiger partial charge in [0.25, 0.3) is 5.91 Å². The zero-order chi connectivity index (χ0) is 14.0. The van der Waals surface area contributed by atoms with Crippen LogP contribution in [0.25, 0.3) is 0 Å². The van der Waals surface area contributed by atoms with E-state index in [1.165, 1.54) is 16.8 Å². The molecule has 3 N–H and O–H groups in total. The van der Waals surface area contributed by atoms with Gasteiger partial charge in [-0.1, -0.05) is 11.6 Å². The van der Waals surface area contributed by atoms with Gasteiger partial charge in [0.2, 0.25) is 0 Å². The molecule has 2 rings (SSSR count). The van der Waals surface area contributed by atoms with Crippen molar-refractivity contribution >= 4 is 28.9 Å². The first kappa shape index (κ1) is 12.9. The van der Waals surface area contributed by atoms with Crippen LogP contribution in [-0.2, 0) is 7.05 Å². The van der Waals surface area contributed by atoms with Crippen molar-refractivity contribution in [3.05, 3.63) is 40.7 Å². The number of nitrogens with two attached hydrogens (primary N) is 1. The van der Waals surface area contributed by atoms with Crippen molar-refractivity contribution in [2.75, 3.05) is 11.1 Å². The molecular weight excluding hydrogens is 266 g/mol. The normalized spacial score (nSPS) is 9.95. The lowest BCUT2D eigenvalue weighted by atomic mass is 10.2. The van der Waals surface area contributed by atoms with Gasteiger partial charge >= 0.3 is 0 Å². The highest BCUT2D eigenvalue weighted by atomic mass is 35.5. The van der Waals surface area contributed by atoms with Gasteiger partial charge in [-0.15, -0.1) is 0 Å². The minimum Gasteiger partial charge on any atom is -0.396 e. The number of nitrogen functional groups attached to an aromatic ring is 1. The predicted molar refractivity (Wildman–Crippen MR) is 71.7 cm³/mol. The summed E-state index contributed by atoms with van der Waals surface area (Å²) >= 11 is 5.88. The van der Waals surface area contributed by atoms with Gasteiger partial charge in [-0.2, -0.15) is 10.4 Å². The molecule has 0 atom stereocenters. The molecule has 0 unspecified atom stereocenters. The standard InChI is InChI=1S/C12H10ClN5O/c1-18-6-10(15)11(17-18)12(19)16-8-3-2-7(5-14)9(13)4-8/h2-4,6H,15H2,1H3,(H,16,19). The Kier molecular flexibility index (Phi) is 3.40. The largest absolute Gasteiger partial charge is 0.396 e. The Labute approximate surface area is 114 Å². The first-order valence-electron chi connectivity index (χ1n) is 5.31. The van der Waals surface area contributed by atoms with E-state index in [4.69, 9.17) is 22.6 Å². The van der Waals surface area contributed by atoms with Crippen LogP contribution in [0.15, 0.2) is 24.4 Å². The Morgan fingerprint density at radius 2 is 2.32 bits per heavy atom. The number of nitrogens with zero attached hydrogens (tertiary/aromatic N) is 3. The fourth-order valence-corrected chi connectivity index (χ4v) is 1.78. The monoisotopic (exact) mass is 275 g/mol. The molecule has 0 aliphatic heterocycles. The Hall–Kier alpha value is -2.52. The average Bonchev–Trinajstić information content (AvgIpc) is 2.69. The SMILES string of the molecule is Cn1cc(N)c(C(=O)Nc2ccc(C#N)c(Cl)c2)n1. The summed E-state index contributed by atoms with van der Waals surface area (Å²) in [7, 11) is 1.67. The Bertz CT molecular complexity index is 686. The van der Waals surface area contributed by atoms with E-state index >= 15 is 0 Å². The molecular formula is C12H10ClN5O. The average molecular weight is 276 g/mol. The van der Waals surface area contributed by atoms with Gasteiger partial charge in [0.05, 0.1) is 16.3 Å². The molecule has 7 heteroatoms. The fourth-order valence-electron chi connectivity index (χ4n) is 1.56. The number of amides is 1. The minimum absolute atomic E-state index is 0.142. The van der Waals surface area contributed by atoms with E-state index in [1.807, 2.05) is 6.07 Å². The maximum atomic E-state index is 11.9. The van der Waals surface area contributed by atoms with E-state index in [0.717, 1.165) is 0 Å². The van der Waals surface area contributed by atoms with Crippen LogP contribution in [-0.4, -0.2) is 15.7 Å². The van der Waals surface area contributed by atoms with Crippen molar-refractivity contribution in [3.63, 3.8) is 0 Å². The lowest BCUT2D eigenvalue weighted by Crippen LogP contribution is -2.14. The van der Waals surface area contributed by atoms with E-state index in [0.29, 0.717) is 16.9 Å². The van der Waals surface area contributed by atoms with Crippen molar-refractivity contribution in [1.82, 2.24) is 9.78 Å². The predicted octanol–water partition coefficient (Wildman–Crippen LogP) is 1.78. The molecule has 0 radical (unpaired) electrons. The van der Waals surface area contributed by atoms with Gasteiger partial charge in [-0.3, -0.25) is 9.48 Å². The van der Waals surface area contributed by atoms with Gasteiger partial charge in [0.15, 0.2) is 5.69 Å². The lowest BCUT2D eigenvalue weighted by molar-refractivity contribution is 0.102. The molecule has 0 spiro atoms. The van der Waals surface area contributed by atoms with Crippen molar-refractivity contribution in [3.8, 4) is 6.07 Å². The van der Waals surface area contributed by atoms with Crippen LogP contribution in [0.2, 0.25) is 5.02 Å². The van der Waals surface area contributed by atoms with Crippen LogP contribution in [0.4, 0.5) is 11.4 Å². The third-order valence-corrected chi connectivity index (χ3v) is 2.73. The number of aryl methyl sites for hydroxylation is 1. The number of hydrogen-bond acceptors (Lipinski definition) is 4. The highest BCUT2D eigenvalue weighted by Crippen LogP contribution is 2.21. The summed E-state index contributed by atoms with van der Waals surface area (Å²) in [4.78, 5) is 11.9. The second-order valence-electron chi connectivity index (χ2n) is 3.87. The van der Waals surface area contributed by atoms with Crippen molar-refractivity contribution in [1.29, 1.82) is 5.26 Å². The van der Waals surface area contributed by atoms with E-state index in [1.54, 1.807) is 19.3 Å². The van der Waals surface area contributed by atoms with Gasteiger partial charge in [0.1, 0.15) is 6.07 Å². The topological polar surface area (TPSA) is 96.7 Å². The lowest BCUT2D eigenvalue weighted by Gasteiger charge is -2.04. The number of carbonyl (C=O) groups excluding carboxylic acids is 1. The number of aromatic nitrogens is 2. The molecule has 0 bridgehead atoms. The summed E-state index contributed by atoms with van der Waals surface area (Å²) in [6.45, 7) is 0. The number of carbonyl (C=O) groups is 1. The third-order valence-electron chi connectivity index (χ3n) is 2.42. The number of halogens is 1. The molecule has 1 aromatic heterocycles. The molecule has 2 aromatic rings. The maximum Gasteiger partial charge on any atom is 0.278 e. The summed E-state index contributed by atoms with van der Waals surface area (Å²) < 4.78 is 1.45. The van der Waals surface area contributed by atoms with Crippen LogP contribution in [0.1, 0.15) is 16.1 Å². The van der Waals surface area contributed by atoms with Crippen molar-refractivity contribution < 1.29 is 4.79 Å². The fraction of sp³-hybridized carbons (Fsp3) is 0.0833. The van der Waals surface area contributed by atoms with Crippen LogP contribution < -0.4 is 11.1 Å². The molecule has 0 saturated heterocycles. The number of rotatable bonds is 2. The zero-order valence-electron chi connectivity index (χ0n) is 10.0. The molecule has 0 aliphatic rings. The Morgan fingerprint density at radius 3 is 2.84 bits per heavy atom. The minimum atomic E-state index is -0.432. The van der Waals surface area contributed by atoms with E-state index in [9.17, 15) is 4.79 Å². The van der Waals surface area contributed by atoms with Crippen LogP contribution in [0.3, 0.4) is 0 Å². The first-order valence-corrected chi connectivity index (χ1v) is 5.69. The van der Waals surface area contributed by atoms with Crippen LogP contribution >= 0.6 is 11.6 Å². The summed E-state index contributed by atoms with van der Waals surface area (Å²) in [6.07, 6.45) is 1.54. The number of nitrogens with one attached hydrogen (secondary N) is 1. The molecule has 96 valence electrons. The number of anilines is 2. The maximum absolute atomic E-state index is 11.9. The third kappa shape index (κ3) is 2.67. The van der Waals surface area contributed by atoms with Gasteiger partial charge in [-0.05, 0) is 18.2 Å². The Balaban J connectivity index is 2.22. The van der Waals surface area contributed by atoms with E-state index < -0.39 is 5.91 Å². The highest BCUT2D eigenvalue weighted by Gasteiger charge is 2.14. The molecule has 1 heterocycles. The number of nitriles is 1. The summed E-state index contributed by atoms with van der Waals surface area (Å²) in [5, 5.41) is 15.6. The molecule has 1 amide bonds. The van der Waals surface area contributed by atoms with E-state index in [2.05, 4.69) is 10.4 Å². The smallest absolute Gasteiger partial charge is 0.278 e. The molecule has 1 aromatic carbocycles. The second-order valence-corrected chi connectivity index (χ2v) is 4.27. The summed E-state index contributed by atoms with van der Waals surface area (Å²) in [6, 6.07) is 6.55. The zero-order valence-corrected chi connectivity index (χ0v) is 10.8. The second kappa shape index (κ2) is 5.00. The van der Waals surface area contributed by atoms with Crippen LogP contribution in [0, 0.1) is 11.3 Å². The molecule has 19 heavy (non-hydrogen) atoms. The quantitative estimate of drug-likeness (QED) is 0.873. The van der Waals surface area contributed by atoms with Crippen molar-refractivity contribution in [2.45, 2.75) is 0 Å². The number of benzene rings is 1. The summed E-state index contributed by atoms with van der Waals surface area (Å²) in [5.74, 6) is -0.432. The molecule has 0 aliphatic carbocycles. The highest BCUT2D eigenvalue weighted by molar-refractivity contribution is 6.32. The van der Waals surface area contributed by atoms with Crippen LogP contribution in [0.5, 0.6) is 0 Å². The molecule has 0 fully saturated rings. The van der Waals surface area contributed by atoms with Gasteiger partial charge < -0.3 is 11.1 Å².